The monoisotopic (exact) mass is 143 g/mol. The molecule has 0 amide bonds. The van der Waals surface area contributed by atoms with E-state index in [4.69, 9.17) is 0 Å². The highest BCUT2D eigenvalue weighted by molar-refractivity contribution is 5.53. The lowest BCUT2D eigenvalue weighted by Crippen LogP contribution is -1.87. The lowest BCUT2D eigenvalue weighted by Gasteiger charge is -1.98. The first kappa shape index (κ1) is 6.35. The molecule has 1 heteroatoms. The van der Waals surface area contributed by atoms with Crippen LogP contribution in [-0.4, -0.2) is 4.98 Å². The second-order valence-corrected chi connectivity index (χ2v) is 2.54. The molecular weight excluding hydrogens is 134 g/mol. The Morgan fingerprint density at radius 3 is 3.27 bits per heavy atom. The molecule has 0 spiro atoms. The van der Waals surface area contributed by atoms with Crippen LogP contribution in [-0.2, 0) is 6.42 Å². The van der Waals surface area contributed by atoms with E-state index in [9.17, 15) is 0 Å². The van der Waals surface area contributed by atoms with Gasteiger partial charge in [-0.15, -0.1) is 0 Å². The minimum Gasteiger partial charge on any atom is -0.257 e. The first-order valence-corrected chi connectivity index (χ1v) is 3.74. The smallest absolute Gasteiger partial charge is 0.0664 e. The molecule has 0 fully saturated rings. The maximum Gasteiger partial charge on any atom is 0.0664 e. The molecule has 0 aliphatic heterocycles. The third-order valence-corrected chi connectivity index (χ3v) is 1.77. The second kappa shape index (κ2) is 2.70. The highest BCUT2D eigenvalue weighted by atomic mass is 14.7. The van der Waals surface area contributed by atoms with E-state index in [-0.39, 0.29) is 0 Å². The highest BCUT2D eigenvalue weighted by Gasteiger charge is 1.98. The standard InChI is InChI=1S/C10H9N/c1-2-5-9-6-4-8-11-10(9)7-3-1/h1-4,6-8H,5H2. The number of fused-ring (bicyclic) bond motifs is 1. The van der Waals surface area contributed by atoms with Crippen molar-refractivity contribution >= 4 is 6.08 Å². The van der Waals surface area contributed by atoms with Crippen molar-refractivity contribution in [1.29, 1.82) is 0 Å². The summed E-state index contributed by atoms with van der Waals surface area (Å²) in [6.45, 7) is 0. The van der Waals surface area contributed by atoms with Gasteiger partial charge in [0.1, 0.15) is 0 Å². The van der Waals surface area contributed by atoms with Crippen LogP contribution in [0.1, 0.15) is 11.3 Å². The Balaban J connectivity index is 2.52. The summed E-state index contributed by atoms with van der Waals surface area (Å²) >= 11 is 0. The van der Waals surface area contributed by atoms with Crippen LogP contribution in [0.4, 0.5) is 0 Å². The van der Waals surface area contributed by atoms with Crippen LogP contribution >= 0.6 is 0 Å². The average molecular weight is 143 g/mol. The van der Waals surface area contributed by atoms with E-state index in [2.05, 4.69) is 23.2 Å². The van der Waals surface area contributed by atoms with Gasteiger partial charge in [0, 0.05) is 6.20 Å². The summed E-state index contributed by atoms with van der Waals surface area (Å²) in [4.78, 5) is 4.25. The molecule has 1 aliphatic rings. The molecule has 1 heterocycles. The summed E-state index contributed by atoms with van der Waals surface area (Å²) in [5.41, 5.74) is 2.40. The van der Waals surface area contributed by atoms with E-state index < -0.39 is 0 Å². The third-order valence-electron chi connectivity index (χ3n) is 1.77. The molecule has 1 nitrogen and oxygen atoms in total. The molecule has 0 atom stereocenters. The van der Waals surface area contributed by atoms with E-state index in [1.165, 1.54) is 5.56 Å². The van der Waals surface area contributed by atoms with Crippen molar-refractivity contribution in [3.05, 3.63) is 47.8 Å². The quantitative estimate of drug-likeness (QED) is 0.542. The summed E-state index contributed by atoms with van der Waals surface area (Å²) < 4.78 is 0. The molecule has 0 saturated carbocycles. The van der Waals surface area contributed by atoms with E-state index in [0.717, 1.165) is 12.1 Å². The minimum absolute atomic E-state index is 0.996. The molecule has 2 rings (SSSR count). The van der Waals surface area contributed by atoms with Crippen LogP contribution in [0.2, 0.25) is 0 Å². The first-order chi connectivity index (χ1) is 5.47. The Bertz CT molecular complexity index is 310. The third kappa shape index (κ3) is 1.22. The van der Waals surface area contributed by atoms with Crippen LogP contribution in [0.5, 0.6) is 0 Å². The van der Waals surface area contributed by atoms with Crippen molar-refractivity contribution < 1.29 is 0 Å². The van der Waals surface area contributed by atoms with Gasteiger partial charge >= 0.3 is 0 Å². The van der Waals surface area contributed by atoms with E-state index in [0.29, 0.717) is 0 Å². The molecule has 0 unspecified atom stereocenters. The second-order valence-electron chi connectivity index (χ2n) is 2.54. The average Bonchev–Trinajstić information content (AvgIpc) is 2.28. The lowest BCUT2D eigenvalue weighted by molar-refractivity contribution is 1.17. The van der Waals surface area contributed by atoms with Crippen LogP contribution < -0.4 is 0 Å². The van der Waals surface area contributed by atoms with Crippen molar-refractivity contribution in [2.45, 2.75) is 6.42 Å². The zero-order valence-electron chi connectivity index (χ0n) is 6.20. The Morgan fingerprint density at radius 1 is 1.27 bits per heavy atom. The van der Waals surface area contributed by atoms with Crippen LogP contribution in [0, 0.1) is 0 Å². The summed E-state index contributed by atoms with van der Waals surface area (Å²) in [5, 5.41) is 0. The molecule has 0 radical (unpaired) electrons. The molecule has 0 aromatic carbocycles. The Hall–Kier alpha value is -1.37. The molecule has 0 saturated heterocycles. The number of hydrogen-bond donors (Lipinski definition) is 0. The van der Waals surface area contributed by atoms with Gasteiger partial charge in [-0.2, -0.15) is 0 Å². The molecule has 1 aromatic rings. The van der Waals surface area contributed by atoms with Crippen molar-refractivity contribution in [2.75, 3.05) is 0 Å². The van der Waals surface area contributed by atoms with Gasteiger partial charge < -0.3 is 0 Å². The normalized spacial score (nSPS) is 14.2. The van der Waals surface area contributed by atoms with Gasteiger partial charge in [-0.25, -0.2) is 0 Å². The maximum absolute atomic E-state index is 4.25. The largest absolute Gasteiger partial charge is 0.257 e. The maximum atomic E-state index is 4.25. The fraction of sp³-hybridized carbons (Fsp3) is 0.100. The van der Waals surface area contributed by atoms with Gasteiger partial charge in [-0.3, -0.25) is 4.98 Å². The summed E-state index contributed by atoms with van der Waals surface area (Å²) in [6.07, 6.45) is 11.1. The molecule has 1 aromatic heterocycles. The van der Waals surface area contributed by atoms with Gasteiger partial charge in [-0.1, -0.05) is 24.3 Å². The fourth-order valence-electron chi connectivity index (χ4n) is 1.19. The van der Waals surface area contributed by atoms with Gasteiger partial charge in [0.2, 0.25) is 0 Å². The Morgan fingerprint density at radius 2 is 2.27 bits per heavy atom. The SMILES string of the molecule is C1=CCc2cccnc2C=C1. The van der Waals surface area contributed by atoms with Crippen molar-refractivity contribution in [2.24, 2.45) is 0 Å². The number of nitrogens with zero attached hydrogens (tertiary/aromatic N) is 1. The molecule has 0 bridgehead atoms. The van der Waals surface area contributed by atoms with Gasteiger partial charge in [0.25, 0.3) is 0 Å². The number of pyridine rings is 1. The number of hydrogen-bond acceptors (Lipinski definition) is 1. The molecule has 54 valence electrons. The van der Waals surface area contributed by atoms with Crippen molar-refractivity contribution in [3.8, 4) is 0 Å². The van der Waals surface area contributed by atoms with Gasteiger partial charge in [-0.05, 0) is 24.1 Å². The highest BCUT2D eigenvalue weighted by Crippen LogP contribution is 2.11. The van der Waals surface area contributed by atoms with Gasteiger partial charge in [0.15, 0.2) is 0 Å². The Labute approximate surface area is 66.1 Å². The number of aromatic nitrogens is 1. The Kier molecular flexibility index (Phi) is 1.56. The van der Waals surface area contributed by atoms with Crippen LogP contribution in [0.15, 0.2) is 36.6 Å². The first-order valence-electron chi connectivity index (χ1n) is 3.74. The van der Waals surface area contributed by atoms with Crippen molar-refractivity contribution in [3.63, 3.8) is 0 Å². The predicted octanol–water partition coefficient (Wildman–Crippen LogP) is 2.21. The van der Waals surface area contributed by atoms with Crippen LogP contribution in [0.3, 0.4) is 0 Å². The van der Waals surface area contributed by atoms with Crippen LogP contribution in [0.25, 0.3) is 6.08 Å². The molecule has 0 N–H and O–H groups in total. The molecule has 11 heavy (non-hydrogen) atoms. The number of rotatable bonds is 0. The van der Waals surface area contributed by atoms with Crippen molar-refractivity contribution in [1.82, 2.24) is 4.98 Å². The van der Waals surface area contributed by atoms with E-state index in [1.807, 2.05) is 24.4 Å². The summed E-state index contributed by atoms with van der Waals surface area (Å²) in [6, 6.07) is 4.09. The van der Waals surface area contributed by atoms with Gasteiger partial charge in [0.05, 0.1) is 5.69 Å². The summed E-state index contributed by atoms with van der Waals surface area (Å²) in [5.74, 6) is 0. The lowest BCUT2D eigenvalue weighted by atomic mass is 10.1. The van der Waals surface area contributed by atoms with E-state index in [1.54, 1.807) is 0 Å². The summed E-state index contributed by atoms with van der Waals surface area (Å²) in [7, 11) is 0. The zero-order chi connectivity index (χ0) is 7.52. The fourth-order valence-corrected chi connectivity index (χ4v) is 1.19. The zero-order valence-corrected chi connectivity index (χ0v) is 6.20. The predicted molar refractivity (Wildman–Crippen MR) is 46.1 cm³/mol. The number of allylic oxidation sites excluding steroid dienone is 3. The molecule has 1 aliphatic carbocycles. The topological polar surface area (TPSA) is 12.9 Å². The molecular formula is C10H9N. The minimum atomic E-state index is 0.996. The van der Waals surface area contributed by atoms with E-state index >= 15 is 0 Å².